The van der Waals surface area contributed by atoms with Crippen molar-refractivity contribution in [2.75, 3.05) is 19.0 Å². The number of nitrogens with zero attached hydrogens (tertiary/aromatic N) is 2. The van der Waals surface area contributed by atoms with E-state index in [-0.39, 0.29) is 5.69 Å². The number of fused-ring (bicyclic) bond motifs is 1. The number of carbonyl (C=O) groups is 1. The third-order valence-corrected chi connectivity index (χ3v) is 3.55. The molecular formula is C19H19N3O3. The van der Waals surface area contributed by atoms with Crippen LogP contribution in [0.2, 0.25) is 0 Å². The summed E-state index contributed by atoms with van der Waals surface area (Å²) < 4.78 is 10.4. The van der Waals surface area contributed by atoms with E-state index >= 15 is 0 Å². The number of para-hydroxylation sites is 2. The van der Waals surface area contributed by atoms with Crippen LogP contribution in [0.25, 0.3) is 11.0 Å². The maximum Gasteiger partial charge on any atom is 0.360 e. The van der Waals surface area contributed by atoms with Gasteiger partial charge < -0.3 is 14.8 Å². The van der Waals surface area contributed by atoms with Gasteiger partial charge in [-0.2, -0.15) is 0 Å². The summed E-state index contributed by atoms with van der Waals surface area (Å²) >= 11 is 0. The first-order chi connectivity index (χ1) is 12.2. The number of methoxy groups -OCH3 is 1. The van der Waals surface area contributed by atoms with Crippen LogP contribution in [0.3, 0.4) is 0 Å². The van der Waals surface area contributed by atoms with Crippen LogP contribution in [-0.2, 0) is 4.74 Å². The Labute approximate surface area is 145 Å². The molecule has 25 heavy (non-hydrogen) atoms. The van der Waals surface area contributed by atoms with E-state index in [0.717, 1.165) is 17.9 Å². The van der Waals surface area contributed by atoms with Crippen LogP contribution in [0, 0.1) is 0 Å². The van der Waals surface area contributed by atoms with Gasteiger partial charge in [0.15, 0.2) is 11.5 Å². The highest BCUT2D eigenvalue weighted by Gasteiger charge is 2.18. The van der Waals surface area contributed by atoms with Gasteiger partial charge in [-0.3, -0.25) is 0 Å². The smallest absolute Gasteiger partial charge is 0.360 e. The minimum atomic E-state index is -0.490. The van der Waals surface area contributed by atoms with E-state index < -0.39 is 5.97 Å². The third-order valence-electron chi connectivity index (χ3n) is 3.55. The maximum atomic E-state index is 12.4. The number of benzene rings is 2. The summed E-state index contributed by atoms with van der Waals surface area (Å²) in [7, 11) is 1.61. The van der Waals surface area contributed by atoms with Gasteiger partial charge >= 0.3 is 5.97 Å². The van der Waals surface area contributed by atoms with Crippen LogP contribution in [0.4, 0.5) is 11.5 Å². The molecule has 1 N–H and O–H groups in total. The largest absolute Gasteiger partial charge is 0.497 e. The molecule has 0 unspecified atom stereocenters. The normalized spacial score (nSPS) is 10.5. The maximum absolute atomic E-state index is 12.4. The van der Waals surface area contributed by atoms with Gasteiger partial charge in [0, 0.05) is 5.69 Å². The van der Waals surface area contributed by atoms with E-state index in [9.17, 15) is 4.79 Å². The molecule has 2 aromatic carbocycles. The fourth-order valence-electron chi connectivity index (χ4n) is 2.30. The average molecular weight is 337 g/mol. The van der Waals surface area contributed by atoms with Crippen LogP contribution < -0.4 is 10.1 Å². The van der Waals surface area contributed by atoms with Crippen molar-refractivity contribution in [3.05, 3.63) is 54.2 Å². The molecule has 6 heteroatoms. The van der Waals surface area contributed by atoms with Crippen molar-refractivity contribution in [1.82, 2.24) is 9.97 Å². The zero-order valence-corrected chi connectivity index (χ0v) is 14.2. The number of hydrogen-bond acceptors (Lipinski definition) is 6. The molecule has 0 aliphatic rings. The number of carbonyl (C=O) groups excluding carboxylic acids is 1. The first-order valence-corrected chi connectivity index (χ1v) is 8.06. The van der Waals surface area contributed by atoms with Gasteiger partial charge in [0.2, 0.25) is 0 Å². The second-order valence-corrected chi connectivity index (χ2v) is 5.40. The van der Waals surface area contributed by atoms with Crippen molar-refractivity contribution in [1.29, 1.82) is 0 Å². The van der Waals surface area contributed by atoms with E-state index in [2.05, 4.69) is 15.3 Å². The summed E-state index contributed by atoms with van der Waals surface area (Å²) in [6.07, 6.45) is 0.744. The number of hydrogen-bond donors (Lipinski definition) is 1. The SMILES string of the molecule is CCCOC(=O)c1nc2ccccc2nc1Nc1ccc(OC)cc1. The van der Waals surface area contributed by atoms with Crippen LogP contribution in [0.15, 0.2) is 48.5 Å². The van der Waals surface area contributed by atoms with Gasteiger partial charge in [-0.15, -0.1) is 0 Å². The highest BCUT2D eigenvalue weighted by atomic mass is 16.5. The van der Waals surface area contributed by atoms with Gasteiger partial charge in [0.25, 0.3) is 0 Å². The Morgan fingerprint density at radius 3 is 2.36 bits per heavy atom. The van der Waals surface area contributed by atoms with E-state index in [1.165, 1.54) is 0 Å². The molecule has 0 aliphatic heterocycles. The van der Waals surface area contributed by atoms with Gasteiger partial charge in [-0.25, -0.2) is 14.8 Å². The van der Waals surface area contributed by atoms with Crippen molar-refractivity contribution < 1.29 is 14.3 Å². The Kier molecular flexibility index (Phi) is 5.09. The number of anilines is 2. The van der Waals surface area contributed by atoms with Crippen molar-refractivity contribution in [3.8, 4) is 5.75 Å². The fraction of sp³-hybridized carbons (Fsp3) is 0.211. The Morgan fingerprint density at radius 1 is 1.04 bits per heavy atom. The minimum absolute atomic E-state index is 0.169. The molecule has 0 radical (unpaired) electrons. The highest BCUT2D eigenvalue weighted by Crippen LogP contribution is 2.23. The van der Waals surface area contributed by atoms with E-state index in [4.69, 9.17) is 9.47 Å². The van der Waals surface area contributed by atoms with Crippen molar-refractivity contribution >= 4 is 28.5 Å². The lowest BCUT2D eigenvalue weighted by molar-refractivity contribution is 0.0499. The zero-order valence-electron chi connectivity index (χ0n) is 14.2. The second kappa shape index (κ2) is 7.61. The molecule has 0 spiro atoms. The molecule has 128 valence electrons. The van der Waals surface area contributed by atoms with Crippen molar-refractivity contribution in [2.45, 2.75) is 13.3 Å². The minimum Gasteiger partial charge on any atom is -0.497 e. The van der Waals surface area contributed by atoms with Crippen LogP contribution in [-0.4, -0.2) is 29.7 Å². The molecule has 0 atom stereocenters. The molecule has 0 fully saturated rings. The third kappa shape index (κ3) is 3.85. The molecule has 0 bridgehead atoms. The number of esters is 1. The molecule has 3 aromatic rings. The molecular weight excluding hydrogens is 318 g/mol. The van der Waals surface area contributed by atoms with Crippen molar-refractivity contribution in [3.63, 3.8) is 0 Å². The lowest BCUT2D eigenvalue weighted by Gasteiger charge is -2.12. The molecule has 6 nitrogen and oxygen atoms in total. The van der Waals surface area contributed by atoms with Crippen LogP contribution >= 0.6 is 0 Å². The summed E-state index contributed by atoms with van der Waals surface area (Å²) in [6.45, 7) is 2.28. The first kappa shape index (κ1) is 16.7. The van der Waals surface area contributed by atoms with E-state index in [0.29, 0.717) is 23.5 Å². The van der Waals surface area contributed by atoms with E-state index in [1.807, 2.05) is 55.5 Å². The number of aromatic nitrogens is 2. The predicted molar refractivity (Wildman–Crippen MR) is 96.4 cm³/mol. The molecule has 0 aliphatic carbocycles. The summed E-state index contributed by atoms with van der Waals surface area (Å²) in [4.78, 5) is 21.3. The van der Waals surface area contributed by atoms with Gasteiger partial charge in [-0.05, 0) is 42.8 Å². The Hall–Kier alpha value is -3.15. The molecule has 3 rings (SSSR count). The Morgan fingerprint density at radius 2 is 1.72 bits per heavy atom. The summed E-state index contributed by atoms with van der Waals surface area (Å²) in [5.74, 6) is 0.624. The van der Waals surface area contributed by atoms with Crippen LogP contribution in [0.1, 0.15) is 23.8 Å². The van der Waals surface area contributed by atoms with Gasteiger partial charge in [-0.1, -0.05) is 19.1 Å². The fourth-order valence-corrected chi connectivity index (χ4v) is 2.30. The molecule has 1 heterocycles. The number of rotatable bonds is 6. The predicted octanol–water partition coefficient (Wildman–Crippen LogP) is 3.95. The highest BCUT2D eigenvalue weighted by molar-refractivity contribution is 5.96. The number of nitrogens with one attached hydrogen (secondary N) is 1. The quantitative estimate of drug-likeness (QED) is 0.687. The molecule has 0 amide bonds. The summed E-state index contributed by atoms with van der Waals surface area (Å²) in [6, 6.07) is 14.7. The topological polar surface area (TPSA) is 73.3 Å². The molecule has 0 saturated heterocycles. The van der Waals surface area contributed by atoms with Crippen molar-refractivity contribution in [2.24, 2.45) is 0 Å². The zero-order chi connectivity index (χ0) is 17.6. The Bertz CT molecular complexity index is 879. The Balaban J connectivity index is 1.99. The lowest BCUT2D eigenvalue weighted by Crippen LogP contribution is -2.12. The standard InChI is InChI=1S/C19H19N3O3/c1-3-12-25-19(23)17-18(20-13-8-10-14(24-2)11-9-13)22-16-7-5-4-6-15(16)21-17/h4-11H,3,12H2,1-2H3,(H,20,22). The molecule has 1 aromatic heterocycles. The second-order valence-electron chi connectivity index (χ2n) is 5.40. The summed E-state index contributed by atoms with van der Waals surface area (Å²) in [5, 5.41) is 3.14. The lowest BCUT2D eigenvalue weighted by atomic mass is 10.2. The monoisotopic (exact) mass is 337 g/mol. The first-order valence-electron chi connectivity index (χ1n) is 8.06. The molecule has 0 saturated carbocycles. The summed E-state index contributed by atoms with van der Waals surface area (Å²) in [5.41, 5.74) is 2.29. The van der Waals surface area contributed by atoms with E-state index in [1.54, 1.807) is 7.11 Å². The van der Waals surface area contributed by atoms with Crippen LogP contribution in [0.5, 0.6) is 5.75 Å². The number of ether oxygens (including phenoxy) is 2. The van der Waals surface area contributed by atoms with Gasteiger partial charge in [0.05, 0.1) is 24.8 Å². The average Bonchev–Trinajstić information content (AvgIpc) is 2.66. The van der Waals surface area contributed by atoms with Gasteiger partial charge in [0.1, 0.15) is 5.75 Å².